The monoisotopic (exact) mass is 549 g/mol. The summed E-state index contributed by atoms with van der Waals surface area (Å²) in [6, 6.07) is -0.774. The van der Waals surface area contributed by atoms with Crippen LogP contribution in [0.1, 0.15) is 43.5 Å². The van der Waals surface area contributed by atoms with Crippen molar-refractivity contribution in [3.8, 4) is 5.75 Å². The largest absolute Gasteiger partial charge is 0.493 e. The van der Waals surface area contributed by atoms with Crippen molar-refractivity contribution in [3.63, 3.8) is 0 Å². The van der Waals surface area contributed by atoms with Gasteiger partial charge in [0.15, 0.2) is 0 Å². The molecule has 0 radical (unpaired) electrons. The Morgan fingerprint density at radius 3 is 2.41 bits per heavy atom. The van der Waals surface area contributed by atoms with Crippen LogP contribution in [0.25, 0.3) is 0 Å². The van der Waals surface area contributed by atoms with E-state index in [0.717, 1.165) is 12.1 Å². The molecule has 0 saturated carbocycles. The zero-order chi connectivity index (χ0) is 29.3. The quantitative estimate of drug-likeness (QED) is 0.154. The molecule has 4 atom stereocenters. The van der Waals surface area contributed by atoms with Gasteiger partial charge in [-0.2, -0.15) is 0 Å². The summed E-state index contributed by atoms with van der Waals surface area (Å²) < 4.78 is 5.64. The molecule has 1 aliphatic rings. The third-order valence-electron chi connectivity index (χ3n) is 5.97. The minimum absolute atomic E-state index is 0.0762. The Hall–Kier alpha value is -4.76. The Labute approximate surface area is 222 Å². The van der Waals surface area contributed by atoms with E-state index in [0.29, 0.717) is 6.42 Å². The van der Waals surface area contributed by atoms with Gasteiger partial charge in [-0.1, -0.05) is 20.3 Å². The van der Waals surface area contributed by atoms with Crippen LogP contribution in [0, 0.1) is 16.0 Å². The van der Waals surface area contributed by atoms with Crippen molar-refractivity contribution < 1.29 is 38.4 Å². The summed E-state index contributed by atoms with van der Waals surface area (Å²) in [7, 11) is 0. The van der Waals surface area contributed by atoms with Gasteiger partial charge in [0.2, 0.25) is 29.5 Å². The van der Waals surface area contributed by atoms with Gasteiger partial charge in [-0.05, 0) is 12.0 Å². The molecule has 1 aliphatic heterocycles. The SMILES string of the molecule is CC[C@@H](C)[C@@H]1NC(=O)c2cc([N+](=O)[O-])ccc2OCCC(C(=O)NCC(N)=O)NC(=O)C(CC(N)=O)NC1=O. The van der Waals surface area contributed by atoms with Gasteiger partial charge in [-0.25, -0.2) is 0 Å². The van der Waals surface area contributed by atoms with Crippen molar-refractivity contribution in [1.29, 1.82) is 0 Å². The molecule has 2 unspecified atom stereocenters. The standard InChI is InChI=1S/C23H31N7O9/c1-3-11(2)19-23(36)28-15(9-17(24)31)22(35)27-14(21(34)26-10-18(25)32)6-7-39-16-5-4-12(30(37)38)8-13(16)20(33)29-19/h4-5,8,11,14-15,19H,3,6-7,9-10H2,1-2H3,(H2,24,31)(H2,25,32)(H,26,34)(H,27,35)(H,28,36)(H,29,33)/t11-,14?,15?,19+/m1/s1. The minimum Gasteiger partial charge on any atom is -0.493 e. The maximum Gasteiger partial charge on any atom is 0.270 e. The summed E-state index contributed by atoms with van der Waals surface area (Å²) in [6.07, 6.45) is -0.424. The fourth-order valence-electron chi connectivity index (χ4n) is 3.65. The van der Waals surface area contributed by atoms with Gasteiger partial charge >= 0.3 is 0 Å². The number of carbonyl (C=O) groups is 6. The van der Waals surface area contributed by atoms with Crippen molar-refractivity contribution in [2.24, 2.45) is 17.4 Å². The number of primary amides is 2. The summed E-state index contributed by atoms with van der Waals surface area (Å²) in [5.41, 5.74) is 9.67. The average molecular weight is 550 g/mol. The van der Waals surface area contributed by atoms with E-state index < -0.39 is 83.1 Å². The zero-order valence-electron chi connectivity index (χ0n) is 21.4. The summed E-state index contributed by atoms with van der Waals surface area (Å²) in [6.45, 7) is 2.60. The Kier molecular flexibility index (Phi) is 10.7. The lowest BCUT2D eigenvalue weighted by Crippen LogP contribution is -2.59. The molecular formula is C23H31N7O9. The van der Waals surface area contributed by atoms with Crippen molar-refractivity contribution >= 4 is 41.1 Å². The van der Waals surface area contributed by atoms with Crippen LogP contribution in [-0.4, -0.2) is 71.6 Å². The van der Waals surface area contributed by atoms with Gasteiger partial charge in [0.25, 0.3) is 11.6 Å². The molecule has 0 spiro atoms. The molecule has 1 aromatic rings. The molecule has 1 aromatic carbocycles. The van der Waals surface area contributed by atoms with Crippen LogP contribution < -0.4 is 37.5 Å². The van der Waals surface area contributed by atoms with Gasteiger partial charge in [0, 0.05) is 18.6 Å². The molecule has 0 fully saturated rings. The molecule has 39 heavy (non-hydrogen) atoms. The minimum atomic E-state index is -1.51. The number of nitro groups is 1. The van der Waals surface area contributed by atoms with Crippen molar-refractivity contribution in [1.82, 2.24) is 21.3 Å². The molecule has 2 rings (SSSR count). The van der Waals surface area contributed by atoms with Crippen LogP contribution in [0.4, 0.5) is 5.69 Å². The fourth-order valence-corrected chi connectivity index (χ4v) is 3.65. The van der Waals surface area contributed by atoms with Crippen LogP contribution >= 0.6 is 0 Å². The van der Waals surface area contributed by atoms with Crippen molar-refractivity contribution in [2.45, 2.75) is 51.2 Å². The maximum absolute atomic E-state index is 13.2. The molecule has 0 saturated heterocycles. The summed E-state index contributed by atoms with van der Waals surface area (Å²) in [5, 5.41) is 20.9. The highest BCUT2D eigenvalue weighted by atomic mass is 16.6. The normalized spacial score (nSPS) is 21.0. The molecule has 16 heteroatoms. The van der Waals surface area contributed by atoms with Crippen molar-refractivity contribution in [2.75, 3.05) is 13.2 Å². The summed E-state index contributed by atoms with van der Waals surface area (Å²) in [4.78, 5) is 85.5. The highest BCUT2D eigenvalue weighted by Crippen LogP contribution is 2.25. The number of hydrogen-bond acceptors (Lipinski definition) is 9. The first-order valence-electron chi connectivity index (χ1n) is 12.0. The Bertz CT molecular complexity index is 1160. The van der Waals surface area contributed by atoms with E-state index in [1.165, 1.54) is 6.07 Å². The van der Waals surface area contributed by atoms with Gasteiger partial charge in [0.05, 0.1) is 30.1 Å². The zero-order valence-corrected chi connectivity index (χ0v) is 21.4. The lowest BCUT2D eigenvalue weighted by atomic mass is 9.97. The van der Waals surface area contributed by atoms with Crippen molar-refractivity contribution in [3.05, 3.63) is 33.9 Å². The molecule has 212 valence electrons. The van der Waals surface area contributed by atoms with E-state index >= 15 is 0 Å². The van der Waals surface area contributed by atoms with E-state index in [-0.39, 0.29) is 24.3 Å². The number of amides is 6. The maximum atomic E-state index is 13.2. The number of nitrogens with one attached hydrogen (secondary N) is 4. The van der Waals surface area contributed by atoms with Gasteiger partial charge in [0.1, 0.15) is 23.9 Å². The Morgan fingerprint density at radius 1 is 1.13 bits per heavy atom. The highest BCUT2D eigenvalue weighted by molar-refractivity contribution is 6.01. The number of nitrogens with two attached hydrogens (primary N) is 2. The lowest BCUT2D eigenvalue weighted by molar-refractivity contribution is -0.384. The van der Waals surface area contributed by atoms with Crippen LogP contribution in [0.5, 0.6) is 5.75 Å². The van der Waals surface area contributed by atoms with Gasteiger partial charge in [-0.3, -0.25) is 38.9 Å². The number of hydrogen-bond donors (Lipinski definition) is 6. The van der Waals surface area contributed by atoms with E-state index in [4.69, 9.17) is 16.2 Å². The second-order valence-corrected chi connectivity index (χ2v) is 8.89. The second-order valence-electron chi connectivity index (χ2n) is 8.89. The number of nitrogens with zero attached hydrogens (tertiary/aromatic N) is 1. The van der Waals surface area contributed by atoms with Crippen LogP contribution in [0.15, 0.2) is 18.2 Å². The summed E-state index contributed by atoms with van der Waals surface area (Å²) >= 11 is 0. The van der Waals surface area contributed by atoms with Gasteiger partial charge < -0.3 is 37.5 Å². The number of carbonyl (C=O) groups excluding carboxylic acids is 6. The number of rotatable bonds is 8. The molecule has 0 aromatic heterocycles. The van der Waals surface area contributed by atoms with E-state index in [1.54, 1.807) is 13.8 Å². The number of non-ortho nitro benzene ring substituents is 1. The van der Waals surface area contributed by atoms with E-state index in [1.807, 2.05) is 0 Å². The molecule has 0 aliphatic carbocycles. The lowest BCUT2D eigenvalue weighted by Gasteiger charge is -2.28. The third-order valence-corrected chi connectivity index (χ3v) is 5.97. The molecule has 16 nitrogen and oxygen atoms in total. The first kappa shape index (κ1) is 30.5. The average Bonchev–Trinajstić information content (AvgIpc) is 2.87. The number of benzene rings is 1. The molecule has 1 heterocycles. The number of ether oxygens (including phenoxy) is 1. The van der Waals surface area contributed by atoms with E-state index in [2.05, 4.69) is 21.3 Å². The Morgan fingerprint density at radius 2 is 1.82 bits per heavy atom. The van der Waals surface area contributed by atoms with Crippen LogP contribution in [-0.2, 0) is 24.0 Å². The van der Waals surface area contributed by atoms with Gasteiger partial charge in [-0.15, -0.1) is 0 Å². The summed E-state index contributed by atoms with van der Waals surface area (Å²) in [5.74, 6) is -5.77. The van der Waals surface area contributed by atoms with Crippen LogP contribution in [0.2, 0.25) is 0 Å². The molecule has 0 bridgehead atoms. The third kappa shape index (κ3) is 8.65. The smallest absolute Gasteiger partial charge is 0.270 e. The molecule has 8 N–H and O–H groups in total. The first-order valence-corrected chi connectivity index (χ1v) is 12.0. The molecular weight excluding hydrogens is 518 g/mol. The second kappa shape index (κ2) is 13.7. The highest BCUT2D eigenvalue weighted by Gasteiger charge is 2.34. The van der Waals surface area contributed by atoms with E-state index in [9.17, 15) is 38.9 Å². The number of fused-ring (bicyclic) bond motifs is 1. The number of nitro benzene ring substituents is 1. The fraction of sp³-hybridized carbons (Fsp3) is 0.478. The Balaban J connectivity index is 2.55. The first-order chi connectivity index (χ1) is 18.3. The predicted molar refractivity (Wildman–Crippen MR) is 134 cm³/mol. The van der Waals surface area contributed by atoms with Crippen LogP contribution in [0.3, 0.4) is 0 Å². The molecule has 6 amide bonds. The predicted octanol–water partition coefficient (Wildman–Crippen LogP) is -2.03. The topological polar surface area (TPSA) is 255 Å².